The van der Waals surface area contributed by atoms with E-state index in [0.29, 0.717) is 37.2 Å². The Hall–Kier alpha value is -2.95. The lowest BCUT2D eigenvalue weighted by Gasteiger charge is -2.12. The Kier molecular flexibility index (Phi) is 8.23. The van der Waals surface area contributed by atoms with Gasteiger partial charge in [-0.25, -0.2) is 0 Å². The molecule has 0 saturated carbocycles. The first-order valence-corrected chi connectivity index (χ1v) is 9.03. The normalized spacial score (nSPS) is 10.8. The highest BCUT2D eigenvalue weighted by Gasteiger charge is 2.06. The van der Waals surface area contributed by atoms with Gasteiger partial charge in [-0.15, -0.1) is 0 Å². The summed E-state index contributed by atoms with van der Waals surface area (Å²) in [5.74, 6) is 2.39. The second-order valence-electron chi connectivity index (χ2n) is 6.40. The second-order valence-corrected chi connectivity index (χ2v) is 6.40. The van der Waals surface area contributed by atoms with Gasteiger partial charge in [0, 0.05) is 6.08 Å². The zero-order valence-electron chi connectivity index (χ0n) is 16.1. The average Bonchev–Trinajstić information content (AvgIpc) is 2.69. The van der Waals surface area contributed by atoms with Crippen LogP contribution in [0.1, 0.15) is 19.4 Å². The number of methoxy groups -OCH3 is 1. The van der Waals surface area contributed by atoms with E-state index >= 15 is 0 Å². The van der Waals surface area contributed by atoms with Crippen molar-refractivity contribution in [1.29, 1.82) is 0 Å². The lowest BCUT2D eigenvalue weighted by Crippen LogP contribution is -2.26. The van der Waals surface area contributed by atoms with Crippen LogP contribution in [0, 0.1) is 5.92 Å². The summed E-state index contributed by atoms with van der Waals surface area (Å²) in [4.78, 5) is 11.9. The van der Waals surface area contributed by atoms with E-state index in [0.717, 1.165) is 11.3 Å². The molecular formula is C22H27NO4. The molecule has 0 saturated heterocycles. The number of benzene rings is 2. The zero-order chi connectivity index (χ0) is 19.5. The summed E-state index contributed by atoms with van der Waals surface area (Å²) in [6.45, 7) is 5.65. The maximum Gasteiger partial charge on any atom is 0.244 e. The van der Waals surface area contributed by atoms with Crippen molar-refractivity contribution in [2.24, 2.45) is 5.92 Å². The van der Waals surface area contributed by atoms with Crippen LogP contribution in [-0.2, 0) is 4.79 Å². The van der Waals surface area contributed by atoms with Crippen LogP contribution >= 0.6 is 0 Å². The predicted octanol–water partition coefficient (Wildman–Crippen LogP) is 3.94. The smallest absolute Gasteiger partial charge is 0.244 e. The molecule has 0 aliphatic heterocycles. The highest BCUT2D eigenvalue weighted by atomic mass is 16.5. The van der Waals surface area contributed by atoms with Crippen molar-refractivity contribution >= 4 is 12.0 Å². The fraction of sp³-hybridized carbons (Fsp3) is 0.318. The van der Waals surface area contributed by atoms with Crippen molar-refractivity contribution in [2.75, 3.05) is 26.9 Å². The van der Waals surface area contributed by atoms with Crippen LogP contribution in [0.3, 0.4) is 0 Å². The molecule has 0 bridgehead atoms. The van der Waals surface area contributed by atoms with Crippen LogP contribution in [0.2, 0.25) is 0 Å². The van der Waals surface area contributed by atoms with Crippen LogP contribution in [0.15, 0.2) is 54.6 Å². The quantitative estimate of drug-likeness (QED) is 0.509. The van der Waals surface area contributed by atoms with Gasteiger partial charge in [-0.2, -0.15) is 0 Å². The van der Waals surface area contributed by atoms with Gasteiger partial charge in [0.05, 0.1) is 20.3 Å². The topological polar surface area (TPSA) is 56.8 Å². The third-order valence-electron chi connectivity index (χ3n) is 3.60. The molecule has 0 radical (unpaired) electrons. The molecule has 2 rings (SSSR count). The van der Waals surface area contributed by atoms with Crippen LogP contribution in [0.5, 0.6) is 17.2 Å². The van der Waals surface area contributed by atoms with E-state index < -0.39 is 0 Å². The summed E-state index contributed by atoms with van der Waals surface area (Å²) in [5.41, 5.74) is 0.861. The summed E-state index contributed by atoms with van der Waals surface area (Å²) in [7, 11) is 1.60. The molecule has 0 unspecified atom stereocenters. The minimum atomic E-state index is -0.175. The van der Waals surface area contributed by atoms with Gasteiger partial charge < -0.3 is 19.5 Å². The van der Waals surface area contributed by atoms with Gasteiger partial charge in [0.15, 0.2) is 11.5 Å². The number of hydrogen-bond donors (Lipinski definition) is 1. The van der Waals surface area contributed by atoms with Crippen molar-refractivity contribution in [1.82, 2.24) is 5.32 Å². The van der Waals surface area contributed by atoms with Crippen LogP contribution in [0.4, 0.5) is 0 Å². The van der Waals surface area contributed by atoms with Crippen LogP contribution in [0.25, 0.3) is 6.08 Å². The van der Waals surface area contributed by atoms with Gasteiger partial charge >= 0.3 is 0 Å². The number of carbonyl (C=O) groups excluding carboxylic acids is 1. The van der Waals surface area contributed by atoms with Crippen molar-refractivity contribution in [3.63, 3.8) is 0 Å². The Labute approximate surface area is 161 Å². The SMILES string of the molecule is COc1cc(C=CC(=O)NCCOc2ccccc2)ccc1OCC(C)C. The van der Waals surface area contributed by atoms with Gasteiger partial charge in [-0.05, 0) is 41.8 Å². The Bertz CT molecular complexity index is 741. The molecule has 5 nitrogen and oxygen atoms in total. The van der Waals surface area contributed by atoms with Gasteiger partial charge in [0.25, 0.3) is 0 Å². The molecule has 1 amide bonds. The molecule has 5 heteroatoms. The number of para-hydroxylation sites is 1. The Morgan fingerprint density at radius 3 is 2.56 bits per heavy atom. The van der Waals surface area contributed by atoms with Crippen molar-refractivity contribution in [3.8, 4) is 17.2 Å². The van der Waals surface area contributed by atoms with Crippen molar-refractivity contribution < 1.29 is 19.0 Å². The maximum absolute atomic E-state index is 11.9. The number of amides is 1. The highest BCUT2D eigenvalue weighted by molar-refractivity contribution is 5.91. The summed E-state index contributed by atoms with van der Waals surface area (Å²) in [5, 5.41) is 2.79. The molecule has 144 valence electrons. The molecule has 0 atom stereocenters. The van der Waals surface area contributed by atoms with E-state index in [1.54, 1.807) is 13.2 Å². The van der Waals surface area contributed by atoms with E-state index in [-0.39, 0.29) is 5.91 Å². The highest BCUT2D eigenvalue weighted by Crippen LogP contribution is 2.28. The molecule has 27 heavy (non-hydrogen) atoms. The fourth-order valence-corrected chi connectivity index (χ4v) is 2.25. The number of carbonyl (C=O) groups is 1. The first-order chi connectivity index (χ1) is 13.1. The molecule has 0 heterocycles. The summed E-state index contributed by atoms with van der Waals surface area (Å²) in [6, 6.07) is 15.1. The van der Waals surface area contributed by atoms with E-state index in [4.69, 9.17) is 14.2 Å². The lowest BCUT2D eigenvalue weighted by molar-refractivity contribution is -0.116. The van der Waals surface area contributed by atoms with Gasteiger partial charge in [0.1, 0.15) is 12.4 Å². The van der Waals surface area contributed by atoms with Gasteiger partial charge in [0.2, 0.25) is 5.91 Å². The molecule has 1 N–H and O–H groups in total. The Morgan fingerprint density at radius 2 is 1.85 bits per heavy atom. The van der Waals surface area contributed by atoms with E-state index in [1.165, 1.54) is 6.08 Å². The Morgan fingerprint density at radius 1 is 1.07 bits per heavy atom. The first-order valence-electron chi connectivity index (χ1n) is 9.03. The molecule has 0 aromatic heterocycles. The van der Waals surface area contributed by atoms with Crippen molar-refractivity contribution in [2.45, 2.75) is 13.8 Å². The summed E-state index contributed by atoms with van der Waals surface area (Å²) < 4.78 is 16.6. The fourth-order valence-electron chi connectivity index (χ4n) is 2.25. The molecule has 2 aromatic carbocycles. The number of nitrogens with one attached hydrogen (secondary N) is 1. The molecule has 0 spiro atoms. The van der Waals surface area contributed by atoms with Gasteiger partial charge in [-0.3, -0.25) is 4.79 Å². The lowest BCUT2D eigenvalue weighted by atomic mass is 10.2. The minimum absolute atomic E-state index is 0.175. The van der Waals surface area contributed by atoms with E-state index in [2.05, 4.69) is 19.2 Å². The minimum Gasteiger partial charge on any atom is -0.493 e. The standard InChI is InChI=1S/C22H27NO4/c1-17(2)16-27-20-11-9-18(15-21(20)25-3)10-12-22(24)23-13-14-26-19-7-5-4-6-8-19/h4-12,15,17H,13-14,16H2,1-3H3,(H,23,24). The van der Waals surface area contributed by atoms with E-state index in [1.807, 2.05) is 48.5 Å². The van der Waals surface area contributed by atoms with Gasteiger partial charge in [-0.1, -0.05) is 38.1 Å². The number of ether oxygens (including phenoxy) is 3. The molecule has 0 fully saturated rings. The third-order valence-corrected chi connectivity index (χ3v) is 3.60. The molecule has 2 aromatic rings. The van der Waals surface area contributed by atoms with Crippen LogP contribution in [-0.4, -0.2) is 32.8 Å². The molecule has 0 aliphatic rings. The summed E-state index contributed by atoms with van der Waals surface area (Å²) >= 11 is 0. The van der Waals surface area contributed by atoms with Crippen LogP contribution < -0.4 is 19.5 Å². The number of rotatable bonds is 10. The van der Waals surface area contributed by atoms with Crippen molar-refractivity contribution in [3.05, 3.63) is 60.2 Å². The largest absolute Gasteiger partial charge is 0.493 e. The monoisotopic (exact) mass is 369 g/mol. The maximum atomic E-state index is 11.9. The predicted molar refractivity (Wildman–Crippen MR) is 107 cm³/mol. The number of hydrogen-bond acceptors (Lipinski definition) is 4. The van der Waals surface area contributed by atoms with E-state index in [9.17, 15) is 4.79 Å². The third kappa shape index (κ3) is 7.44. The molecule has 0 aliphatic carbocycles. The second kappa shape index (κ2) is 10.9. The Balaban J connectivity index is 1.80. The summed E-state index contributed by atoms with van der Waals surface area (Å²) in [6.07, 6.45) is 3.23. The zero-order valence-corrected chi connectivity index (χ0v) is 16.1. The first kappa shape index (κ1) is 20.4. The molecular weight excluding hydrogens is 342 g/mol. The average molecular weight is 369 g/mol.